The zero-order valence-electron chi connectivity index (χ0n) is 17.6. The molecule has 32 heavy (non-hydrogen) atoms. The number of ether oxygens (including phenoxy) is 2. The van der Waals surface area contributed by atoms with Crippen LogP contribution in [-0.4, -0.2) is 45.3 Å². The fourth-order valence-electron chi connectivity index (χ4n) is 2.69. The van der Waals surface area contributed by atoms with E-state index in [0.717, 1.165) is 16.5 Å². The van der Waals surface area contributed by atoms with Gasteiger partial charge in [-0.25, -0.2) is 9.48 Å². The lowest BCUT2D eigenvalue weighted by atomic mass is 10.1. The van der Waals surface area contributed by atoms with Crippen LogP contribution in [0.3, 0.4) is 0 Å². The van der Waals surface area contributed by atoms with E-state index in [1.165, 1.54) is 23.1 Å². The van der Waals surface area contributed by atoms with Crippen LogP contribution in [0.2, 0.25) is 0 Å². The van der Waals surface area contributed by atoms with Gasteiger partial charge in [0.15, 0.2) is 15.8 Å². The Labute approximate surface area is 192 Å². The molecule has 168 valence electrons. The molecule has 0 aliphatic heterocycles. The molecule has 2 aromatic heterocycles. The Bertz CT molecular complexity index is 1140. The molecule has 2 N–H and O–H groups in total. The van der Waals surface area contributed by atoms with Crippen LogP contribution in [0.15, 0.2) is 32.8 Å². The number of aryl methyl sites for hydroxylation is 1. The molecule has 0 amide bonds. The van der Waals surface area contributed by atoms with E-state index < -0.39 is 5.97 Å². The summed E-state index contributed by atoms with van der Waals surface area (Å²) in [6, 6.07) is 4.83. The Morgan fingerprint density at radius 3 is 2.84 bits per heavy atom. The minimum atomic E-state index is -0.547. The second-order valence-electron chi connectivity index (χ2n) is 6.42. The number of anilines is 1. The Hall–Kier alpha value is -3.32. The molecule has 2 heterocycles. The maximum atomic E-state index is 12.1. The molecule has 0 aliphatic carbocycles. The van der Waals surface area contributed by atoms with Crippen molar-refractivity contribution in [2.45, 2.75) is 31.2 Å². The normalized spacial score (nSPS) is 11.1. The predicted molar refractivity (Wildman–Crippen MR) is 120 cm³/mol. The van der Waals surface area contributed by atoms with Crippen LogP contribution in [0, 0.1) is 6.92 Å². The van der Waals surface area contributed by atoms with Gasteiger partial charge in [-0.05, 0) is 37.1 Å². The number of hydrogen-bond acceptors (Lipinski definition) is 12. The molecule has 0 spiro atoms. The van der Waals surface area contributed by atoms with Crippen LogP contribution >= 0.6 is 23.1 Å². The van der Waals surface area contributed by atoms with E-state index in [1.54, 1.807) is 36.9 Å². The van der Waals surface area contributed by atoms with Crippen molar-refractivity contribution in [3.63, 3.8) is 0 Å². The number of esters is 1. The molecule has 0 saturated carbocycles. The third-order valence-corrected chi connectivity index (χ3v) is 6.23. The van der Waals surface area contributed by atoms with E-state index in [0.29, 0.717) is 34.2 Å². The Kier molecular flexibility index (Phi) is 7.89. The van der Waals surface area contributed by atoms with E-state index in [4.69, 9.17) is 15.2 Å². The quantitative estimate of drug-likeness (QED) is 0.199. The smallest absolute Gasteiger partial charge is 0.337 e. The van der Waals surface area contributed by atoms with Gasteiger partial charge < -0.3 is 15.2 Å². The summed E-state index contributed by atoms with van der Waals surface area (Å²) in [4.78, 5) is 22.6. The summed E-state index contributed by atoms with van der Waals surface area (Å²) in [5.41, 5.74) is 8.50. The number of azo groups is 1. The van der Waals surface area contributed by atoms with Gasteiger partial charge in [-0.15, -0.1) is 20.4 Å². The molecule has 0 bridgehead atoms. The number of aromatic nitrogens is 4. The van der Waals surface area contributed by atoms with Crippen molar-refractivity contribution in [2.75, 3.05) is 18.6 Å². The number of nitrogens with two attached hydrogens (primary N) is 1. The zero-order chi connectivity index (χ0) is 23.1. The summed E-state index contributed by atoms with van der Waals surface area (Å²) in [6.45, 7) is 4.14. The molecular weight excluding hydrogens is 454 g/mol. The minimum Gasteiger partial charge on any atom is -0.465 e. The third kappa shape index (κ3) is 5.48. The Morgan fingerprint density at radius 1 is 1.31 bits per heavy atom. The van der Waals surface area contributed by atoms with Gasteiger partial charge in [0, 0.05) is 5.75 Å². The fraction of sp³-hybridized carbons (Fsp3) is 0.316. The molecule has 0 radical (unpaired) electrons. The highest BCUT2D eigenvalue weighted by molar-refractivity contribution is 8.01. The lowest BCUT2D eigenvalue weighted by Crippen LogP contribution is -2.08. The summed E-state index contributed by atoms with van der Waals surface area (Å²) in [6.07, 6.45) is 1.04. The molecule has 3 aromatic rings. The van der Waals surface area contributed by atoms with Crippen molar-refractivity contribution in [1.82, 2.24) is 20.0 Å². The predicted octanol–water partition coefficient (Wildman–Crippen LogP) is 3.99. The van der Waals surface area contributed by atoms with Crippen molar-refractivity contribution in [1.29, 1.82) is 0 Å². The topological polar surface area (TPSA) is 147 Å². The highest BCUT2D eigenvalue weighted by atomic mass is 32.2. The van der Waals surface area contributed by atoms with Gasteiger partial charge in [-0.1, -0.05) is 30.0 Å². The molecule has 13 heteroatoms. The van der Waals surface area contributed by atoms with Gasteiger partial charge in [0.05, 0.1) is 24.1 Å². The average Bonchev–Trinajstić information content (AvgIpc) is 3.37. The zero-order valence-corrected chi connectivity index (χ0v) is 19.3. The molecular formula is C19H21N7O4S2. The fourth-order valence-corrected chi connectivity index (χ4v) is 4.27. The molecule has 3 rings (SSSR count). The first-order chi connectivity index (χ1) is 15.5. The van der Waals surface area contributed by atoms with Gasteiger partial charge in [-0.2, -0.15) is 5.10 Å². The van der Waals surface area contributed by atoms with E-state index in [9.17, 15) is 9.59 Å². The largest absolute Gasteiger partial charge is 0.465 e. The summed E-state index contributed by atoms with van der Waals surface area (Å²) < 4.78 is 11.9. The maximum Gasteiger partial charge on any atom is 0.337 e. The molecule has 11 nitrogen and oxygen atoms in total. The van der Waals surface area contributed by atoms with Crippen molar-refractivity contribution in [3.05, 3.63) is 35.0 Å². The number of methoxy groups -OCH3 is 1. The second kappa shape index (κ2) is 10.8. The number of benzene rings is 1. The Balaban J connectivity index is 1.93. The summed E-state index contributed by atoms with van der Waals surface area (Å²) in [5, 5.41) is 21.3. The lowest BCUT2D eigenvalue weighted by Gasteiger charge is -2.09. The molecule has 0 unspecified atom stereocenters. The Morgan fingerprint density at radius 2 is 2.12 bits per heavy atom. The van der Waals surface area contributed by atoms with Crippen LogP contribution in [0.5, 0.6) is 0 Å². The van der Waals surface area contributed by atoms with Crippen LogP contribution in [0.4, 0.5) is 16.6 Å². The molecule has 0 aliphatic rings. The molecule has 0 atom stereocenters. The van der Waals surface area contributed by atoms with Crippen LogP contribution in [0.1, 0.15) is 35.0 Å². The summed E-state index contributed by atoms with van der Waals surface area (Å²) >= 11 is 2.96. The van der Waals surface area contributed by atoms with E-state index in [2.05, 4.69) is 32.4 Å². The monoisotopic (exact) mass is 475 g/mol. The molecule has 0 fully saturated rings. The van der Waals surface area contributed by atoms with Crippen LogP contribution < -0.4 is 5.73 Å². The first kappa shape index (κ1) is 23.3. The SMILES string of the molecule is CCCSc1nnc(N=Nc2c(C)nn(-c3cc(COC=O)cc(C(=O)OC)c3)c2N)s1. The maximum absolute atomic E-state index is 12.1. The van der Waals surface area contributed by atoms with Crippen molar-refractivity contribution in [2.24, 2.45) is 10.2 Å². The van der Waals surface area contributed by atoms with E-state index in [-0.39, 0.29) is 18.0 Å². The highest BCUT2D eigenvalue weighted by Gasteiger charge is 2.17. The number of hydrogen-bond donors (Lipinski definition) is 1. The number of nitrogen functional groups attached to an aromatic ring is 1. The van der Waals surface area contributed by atoms with Crippen LogP contribution in [0.25, 0.3) is 5.69 Å². The number of thioether (sulfide) groups is 1. The highest BCUT2D eigenvalue weighted by Crippen LogP contribution is 2.33. The van der Waals surface area contributed by atoms with Gasteiger partial charge >= 0.3 is 5.97 Å². The summed E-state index contributed by atoms with van der Waals surface area (Å²) in [7, 11) is 1.28. The first-order valence-electron chi connectivity index (χ1n) is 9.47. The number of carbonyl (C=O) groups excluding carboxylic acids is 2. The first-order valence-corrected chi connectivity index (χ1v) is 11.3. The average molecular weight is 476 g/mol. The number of carbonyl (C=O) groups is 2. The standard InChI is InChI=1S/C19H21N7O4S2/c1-4-5-31-19-24-23-18(32-19)22-21-15-11(2)25-26(16(15)20)14-7-12(9-30-10-27)6-13(8-14)17(28)29-3/h6-8,10H,4-5,9,20H2,1-3H3. The van der Waals surface area contributed by atoms with Gasteiger partial charge in [0.2, 0.25) is 0 Å². The van der Waals surface area contributed by atoms with Crippen molar-refractivity contribution < 1.29 is 19.1 Å². The minimum absolute atomic E-state index is 0.0243. The third-order valence-electron chi connectivity index (χ3n) is 4.09. The lowest BCUT2D eigenvalue weighted by molar-refractivity contribution is -0.129. The van der Waals surface area contributed by atoms with E-state index in [1.807, 2.05) is 0 Å². The van der Waals surface area contributed by atoms with Gasteiger partial charge in [0.25, 0.3) is 11.6 Å². The molecule has 1 aromatic carbocycles. The van der Waals surface area contributed by atoms with Gasteiger partial charge in [-0.3, -0.25) is 4.79 Å². The summed E-state index contributed by atoms with van der Waals surface area (Å²) in [5.74, 6) is 0.630. The van der Waals surface area contributed by atoms with Crippen LogP contribution in [-0.2, 0) is 20.9 Å². The second-order valence-corrected chi connectivity index (χ2v) is 8.72. The van der Waals surface area contributed by atoms with Crippen molar-refractivity contribution in [3.8, 4) is 5.69 Å². The number of nitrogens with zero attached hydrogens (tertiary/aromatic N) is 6. The van der Waals surface area contributed by atoms with Crippen molar-refractivity contribution >= 4 is 52.2 Å². The van der Waals surface area contributed by atoms with Gasteiger partial charge in [0.1, 0.15) is 6.61 Å². The van der Waals surface area contributed by atoms with E-state index >= 15 is 0 Å². The number of rotatable bonds is 10. The molecule has 0 saturated heterocycles.